The fourth-order valence-corrected chi connectivity index (χ4v) is 2.41. The number of carbonyl (C=O) groups is 1. The second-order valence-corrected chi connectivity index (χ2v) is 5.81. The molecule has 0 aliphatic rings. The van der Waals surface area contributed by atoms with Crippen molar-refractivity contribution < 1.29 is 19.0 Å². The first-order valence-electron chi connectivity index (χ1n) is 7.04. The lowest BCUT2D eigenvalue weighted by molar-refractivity contribution is -0.123. The van der Waals surface area contributed by atoms with Crippen molar-refractivity contribution in [3.8, 4) is 17.2 Å². The van der Waals surface area contributed by atoms with E-state index in [9.17, 15) is 4.79 Å². The van der Waals surface area contributed by atoms with Gasteiger partial charge < -0.3 is 14.2 Å². The van der Waals surface area contributed by atoms with Gasteiger partial charge in [0, 0.05) is 0 Å². The minimum atomic E-state index is -0.341. The van der Waals surface area contributed by atoms with Crippen molar-refractivity contribution in [1.29, 1.82) is 0 Å². The quantitative estimate of drug-likeness (QED) is 0.409. The van der Waals surface area contributed by atoms with Gasteiger partial charge in [-0.05, 0) is 70.6 Å². The molecule has 24 heavy (non-hydrogen) atoms. The van der Waals surface area contributed by atoms with Crippen LogP contribution in [0.4, 0.5) is 0 Å². The lowest BCUT2D eigenvalue weighted by Gasteiger charge is -2.08. The molecule has 0 saturated heterocycles. The lowest BCUT2D eigenvalue weighted by atomic mass is 10.2. The molecule has 0 saturated carbocycles. The molecule has 0 spiro atoms. The molecule has 0 heterocycles. The van der Waals surface area contributed by atoms with Crippen molar-refractivity contribution in [2.24, 2.45) is 5.10 Å². The van der Waals surface area contributed by atoms with E-state index in [1.54, 1.807) is 32.6 Å². The number of hydrogen-bond acceptors (Lipinski definition) is 5. The zero-order valence-corrected chi connectivity index (χ0v) is 15.4. The van der Waals surface area contributed by atoms with Crippen molar-refractivity contribution >= 4 is 34.7 Å². The van der Waals surface area contributed by atoms with Gasteiger partial charge in [0.15, 0.2) is 6.61 Å². The first kappa shape index (κ1) is 18.1. The highest BCUT2D eigenvalue weighted by Gasteiger charge is 2.06. The van der Waals surface area contributed by atoms with Crippen LogP contribution >= 0.6 is 22.6 Å². The predicted octanol–water partition coefficient (Wildman–Crippen LogP) is 2.84. The minimum absolute atomic E-state index is 0.123. The van der Waals surface area contributed by atoms with Gasteiger partial charge in [-0.25, -0.2) is 5.43 Å². The molecule has 2 aromatic rings. The highest BCUT2D eigenvalue weighted by molar-refractivity contribution is 14.1. The van der Waals surface area contributed by atoms with Crippen LogP contribution in [0, 0.1) is 3.57 Å². The SMILES string of the molecule is COc1ccc(/C=N/NC(=O)COc2ccc(OC)cc2I)cc1. The third kappa shape index (κ3) is 5.41. The summed E-state index contributed by atoms with van der Waals surface area (Å²) in [6, 6.07) is 12.7. The number of nitrogens with zero attached hydrogens (tertiary/aromatic N) is 1. The van der Waals surface area contributed by atoms with Gasteiger partial charge >= 0.3 is 0 Å². The Hall–Kier alpha value is -2.29. The number of hydrazone groups is 1. The lowest BCUT2D eigenvalue weighted by Crippen LogP contribution is -2.24. The average Bonchev–Trinajstić information content (AvgIpc) is 2.61. The Morgan fingerprint density at radius 2 is 1.79 bits per heavy atom. The van der Waals surface area contributed by atoms with E-state index in [0.717, 1.165) is 20.6 Å². The van der Waals surface area contributed by atoms with Gasteiger partial charge in [-0.15, -0.1) is 0 Å². The second-order valence-electron chi connectivity index (χ2n) is 4.65. The molecule has 1 amide bonds. The Morgan fingerprint density at radius 3 is 2.42 bits per heavy atom. The monoisotopic (exact) mass is 440 g/mol. The molecule has 0 aromatic heterocycles. The molecule has 0 unspecified atom stereocenters. The Morgan fingerprint density at radius 1 is 1.12 bits per heavy atom. The fraction of sp³-hybridized carbons (Fsp3) is 0.176. The van der Waals surface area contributed by atoms with E-state index in [-0.39, 0.29) is 12.5 Å². The standard InChI is InChI=1S/C17H17IN2O4/c1-22-13-5-3-12(4-6-13)10-19-20-17(21)11-24-16-8-7-14(23-2)9-15(16)18/h3-10H,11H2,1-2H3,(H,20,21)/b19-10+. The van der Waals surface area contributed by atoms with Crippen LogP contribution in [-0.4, -0.2) is 32.9 Å². The highest BCUT2D eigenvalue weighted by atomic mass is 127. The Labute approximate surface area is 153 Å². The van der Waals surface area contributed by atoms with Crippen LogP contribution in [0.2, 0.25) is 0 Å². The molecule has 7 heteroatoms. The molecule has 0 fully saturated rings. The number of rotatable bonds is 7. The molecule has 2 rings (SSSR count). The maximum atomic E-state index is 11.7. The summed E-state index contributed by atoms with van der Waals surface area (Å²) in [6.07, 6.45) is 1.55. The van der Waals surface area contributed by atoms with Crippen molar-refractivity contribution in [2.45, 2.75) is 0 Å². The van der Waals surface area contributed by atoms with Crippen LogP contribution < -0.4 is 19.6 Å². The first-order valence-corrected chi connectivity index (χ1v) is 8.12. The Bertz CT molecular complexity index is 717. The van der Waals surface area contributed by atoms with Crippen LogP contribution in [0.3, 0.4) is 0 Å². The number of hydrogen-bond donors (Lipinski definition) is 1. The van der Waals surface area contributed by atoms with Gasteiger partial charge in [0.25, 0.3) is 5.91 Å². The molecule has 2 aromatic carbocycles. The van der Waals surface area contributed by atoms with Crippen LogP contribution in [0.25, 0.3) is 0 Å². The topological polar surface area (TPSA) is 69.2 Å². The van der Waals surface area contributed by atoms with E-state index in [0.29, 0.717) is 5.75 Å². The zero-order chi connectivity index (χ0) is 17.4. The predicted molar refractivity (Wildman–Crippen MR) is 99.9 cm³/mol. The number of methoxy groups -OCH3 is 2. The molecule has 1 N–H and O–H groups in total. The minimum Gasteiger partial charge on any atom is -0.497 e. The number of carbonyl (C=O) groups excluding carboxylic acids is 1. The van der Waals surface area contributed by atoms with Gasteiger partial charge in [-0.3, -0.25) is 4.79 Å². The third-order valence-electron chi connectivity index (χ3n) is 3.02. The summed E-state index contributed by atoms with van der Waals surface area (Å²) in [7, 11) is 3.20. The molecule has 0 aliphatic carbocycles. The van der Waals surface area contributed by atoms with Crippen molar-refractivity contribution in [3.63, 3.8) is 0 Å². The molecule has 0 aliphatic heterocycles. The van der Waals surface area contributed by atoms with E-state index in [1.807, 2.05) is 30.3 Å². The van der Waals surface area contributed by atoms with Gasteiger partial charge in [0.1, 0.15) is 17.2 Å². The number of nitrogens with one attached hydrogen (secondary N) is 1. The molecule has 0 radical (unpaired) electrons. The van der Waals surface area contributed by atoms with E-state index in [1.165, 1.54) is 0 Å². The van der Waals surface area contributed by atoms with Crippen molar-refractivity contribution in [1.82, 2.24) is 5.43 Å². The first-order chi connectivity index (χ1) is 11.6. The summed E-state index contributed by atoms with van der Waals surface area (Å²) < 4.78 is 16.5. The number of amides is 1. The van der Waals surface area contributed by atoms with Gasteiger partial charge in [0.2, 0.25) is 0 Å². The van der Waals surface area contributed by atoms with Crippen LogP contribution in [-0.2, 0) is 4.79 Å². The highest BCUT2D eigenvalue weighted by Crippen LogP contribution is 2.25. The van der Waals surface area contributed by atoms with Crippen molar-refractivity contribution in [3.05, 3.63) is 51.6 Å². The normalized spacial score (nSPS) is 10.5. The third-order valence-corrected chi connectivity index (χ3v) is 3.86. The fourth-order valence-electron chi connectivity index (χ4n) is 1.77. The molecule has 0 atom stereocenters. The summed E-state index contributed by atoms with van der Waals surface area (Å²) in [6.45, 7) is -0.123. The smallest absolute Gasteiger partial charge is 0.277 e. The summed E-state index contributed by atoms with van der Waals surface area (Å²) in [5, 5.41) is 3.89. The second kappa shape index (κ2) is 9.11. The molecular weight excluding hydrogens is 423 g/mol. The molecular formula is C17H17IN2O4. The van der Waals surface area contributed by atoms with Crippen LogP contribution in [0.15, 0.2) is 47.6 Å². The maximum Gasteiger partial charge on any atom is 0.277 e. The Balaban J connectivity index is 1.81. The van der Waals surface area contributed by atoms with Crippen LogP contribution in [0.1, 0.15) is 5.56 Å². The number of benzene rings is 2. The van der Waals surface area contributed by atoms with Gasteiger partial charge in [-0.2, -0.15) is 5.10 Å². The van der Waals surface area contributed by atoms with Gasteiger partial charge in [0.05, 0.1) is 24.0 Å². The van der Waals surface area contributed by atoms with Crippen molar-refractivity contribution in [2.75, 3.05) is 20.8 Å². The summed E-state index contributed by atoms with van der Waals surface area (Å²) in [5.74, 6) is 1.77. The molecule has 126 valence electrons. The number of halogens is 1. The van der Waals surface area contributed by atoms with Gasteiger partial charge in [-0.1, -0.05) is 0 Å². The molecule has 6 nitrogen and oxygen atoms in total. The van der Waals surface area contributed by atoms with Crippen LogP contribution in [0.5, 0.6) is 17.2 Å². The number of ether oxygens (including phenoxy) is 3. The summed E-state index contributed by atoms with van der Waals surface area (Å²) in [4.78, 5) is 11.7. The average molecular weight is 440 g/mol. The van der Waals surface area contributed by atoms with E-state index in [2.05, 4.69) is 33.1 Å². The van der Waals surface area contributed by atoms with E-state index in [4.69, 9.17) is 14.2 Å². The summed E-state index contributed by atoms with van der Waals surface area (Å²) in [5.41, 5.74) is 3.27. The van der Waals surface area contributed by atoms with E-state index < -0.39 is 0 Å². The zero-order valence-electron chi connectivity index (χ0n) is 13.3. The maximum absolute atomic E-state index is 11.7. The van der Waals surface area contributed by atoms with E-state index >= 15 is 0 Å². The largest absolute Gasteiger partial charge is 0.497 e. The molecule has 0 bridgehead atoms. The summed E-state index contributed by atoms with van der Waals surface area (Å²) >= 11 is 2.12. The Kier molecular flexibility index (Phi) is 6.86.